The van der Waals surface area contributed by atoms with Crippen LogP contribution in [0.1, 0.15) is 31.5 Å². The van der Waals surface area contributed by atoms with E-state index in [4.69, 9.17) is 10.2 Å². The van der Waals surface area contributed by atoms with Crippen LogP contribution in [-0.2, 0) is 6.54 Å². The molecule has 0 spiro atoms. The molecule has 0 aliphatic heterocycles. The molecule has 0 aliphatic rings. The van der Waals surface area contributed by atoms with Crippen molar-refractivity contribution in [2.24, 2.45) is 5.73 Å². The van der Waals surface area contributed by atoms with E-state index in [2.05, 4.69) is 15.2 Å². The maximum Gasteiger partial charge on any atom is 0.318 e. The first-order valence-electron chi connectivity index (χ1n) is 5.94. The molecule has 0 amide bonds. The number of anilines is 1. The lowest BCUT2D eigenvalue weighted by molar-refractivity contribution is 0.456. The summed E-state index contributed by atoms with van der Waals surface area (Å²) in [5, 5.41) is 7.93. The first-order chi connectivity index (χ1) is 8.70. The van der Waals surface area contributed by atoms with Gasteiger partial charge in [0.05, 0.1) is 18.3 Å². The van der Waals surface area contributed by atoms with Gasteiger partial charge in [-0.05, 0) is 26.0 Å². The Kier molecular flexibility index (Phi) is 3.88. The number of nitrogens with two attached hydrogens (primary N) is 1. The predicted molar refractivity (Wildman–Crippen MR) is 67.9 cm³/mol. The highest BCUT2D eigenvalue weighted by Crippen LogP contribution is 2.17. The van der Waals surface area contributed by atoms with Crippen LogP contribution in [-0.4, -0.2) is 21.7 Å². The Balaban J connectivity index is 2.13. The second-order valence-electron chi connectivity index (χ2n) is 4.05. The molecule has 0 saturated carbocycles. The summed E-state index contributed by atoms with van der Waals surface area (Å²) in [5.41, 5.74) is 6.65. The average Bonchev–Trinajstić information content (AvgIpc) is 2.87. The van der Waals surface area contributed by atoms with Crippen molar-refractivity contribution < 1.29 is 4.42 Å². The summed E-state index contributed by atoms with van der Waals surface area (Å²) in [6.07, 6.45) is 1.77. The molecule has 96 valence electrons. The molecule has 1 unspecified atom stereocenters. The van der Waals surface area contributed by atoms with E-state index in [1.54, 1.807) is 6.20 Å². The minimum atomic E-state index is -0.250. The summed E-state index contributed by atoms with van der Waals surface area (Å²) < 4.78 is 5.52. The summed E-state index contributed by atoms with van der Waals surface area (Å²) in [7, 11) is 0. The molecule has 0 aromatic carbocycles. The molecule has 2 aromatic rings. The summed E-state index contributed by atoms with van der Waals surface area (Å²) >= 11 is 0. The zero-order valence-electron chi connectivity index (χ0n) is 10.6. The SMILES string of the molecule is CCN(Cc1ccccn1)c1nnc(C(C)N)o1. The summed E-state index contributed by atoms with van der Waals surface area (Å²) in [6, 6.07) is 6.04. The lowest BCUT2D eigenvalue weighted by atomic mass is 10.3. The minimum Gasteiger partial charge on any atom is -0.406 e. The van der Waals surface area contributed by atoms with E-state index in [-0.39, 0.29) is 6.04 Å². The number of aromatic nitrogens is 3. The van der Waals surface area contributed by atoms with Crippen LogP contribution in [0.2, 0.25) is 0 Å². The van der Waals surface area contributed by atoms with Gasteiger partial charge in [0.2, 0.25) is 5.89 Å². The van der Waals surface area contributed by atoms with Gasteiger partial charge in [0.25, 0.3) is 0 Å². The molecular formula is C12H17N5O. The lowest BCUT2D eigenvalue weighted by Gasteiger charge is -2.17. The maximum atomic E-state index is 5.69. The molecule has 2 rings (SSSR count). The third-order valence-corrected chi connectivity index (χ3v) is 2.55. The lowest BCUT2D eigenvalue weighted by Crippen LogP contribution is -2.22. The maximum absolute atomic E-state index is 5.69. The number of hydrogen-bond acceptors (Lipinski definition) is 6. The van der Waals surface area contributed by atoms with Crippen molar-refractivity contribution in [3.63, 3.8) is 0 Å². The van der Waals surface area contributed by atoms with Gasteiger partial charge >= 0.3 is 6.01 Å². The second kappa shape index (κ2) is 5.59. The van der Waals surface area contributed by atoms with E-state index in [1.807, 2.05) is 36.9 Å². The van der Waals surface area contributed by atoms with Crippen molar-refractivity contribution in [3.8, 4) is 0 Å². The number of pyridine rings is 1. The molecule has 0 aliphatic carbocycles. The quantitative estimate of drug-likeness (QED) is 0.862. The van der Waals surface area contributed by atoms with Crippen LogP contribution < -0.4 is 10.6 Å². The fourth-order valence-electron chi connectivity index (χ4n) is 1.54. The van der Waals surface area contributed by atoms with Gasteiger partial charge in [-0.3, -0.25) is 4.98 Å². The van der Waals surface area contributed by atoms with Gasteiger partial charge in [-0.25, -0.2) is 0 Å². The van der Waals surface area contributed by atoms with Crippen LogP contribution in [0.4, 0.5) is 6.01 Å². The van der Waals surface area contributed by atoms with Crippen LogP contribution in [0.25, 0.3) is 0 Å². The fraction of sp³-hybridized carbons (Fsp3) is 0.417. The summed E-state index contributed by atoms with van der Waals surface area (Å²) in [5.74, 6) is 0.449. The molecule has 6 heteroatoms. The Labute approximate surface area is 106 Å². The third kappa shape index (κ3) is 2.84. The minimum absolute atomic E-state index is 0.250. The van der Waals surface area contributed by atoms with Gasteiger partial charge in [-0.2, -0.15) is 0 Å². The van der Waals surface area contributed by atoms with Crippen molar-refractivity contribution in [1.29, 1.82) is 0 Å². The zero-order valence-corrected chi connectivity index (χ0v) is 10.6. The van der Waals surface area contributed by atoms with E-state index in [9.17, 15) is 0 Å². The Hall–Kier alpha value is -1.95. The Morgan fingerprint density at radius 1 is 1.39 bits per heavy atom. The van der Waals surface area contributed by atoms with Crippen molar-refractivity contribution in [2.45, 2.75) is 26.4 Å². The third-order valence-electron chi connectivity index (χ3n) is 2.55. The average molecular weight is 247 g/mol. The molecule has 0 fully saturated rings. The van der Waals surface area contributed by atoms with Gasteiger partial charge in [0, 0.05) is 12.7 Å². The smallest absolute Gasteiger partial charge is 0.318 e. The molecule has 1 atom stereocenters. The monoisotopic (exact) mass is 247 g/mol. The molecule has 0 bridgehead atoms. The molecule has 2 aromatic heterocycles. The Bertz CT molecular complexity index is 482. The summed E-state index contributed by atoms with van der Waals surface area (Å²) in [6.45, 7) is 5.24. The van der Waals surface area contributed by atoms with Crippen LogP contribution >= 0.6 is 0 Å². The highest BCUT2D eigenvalue weighted by atomic mass is 16.4. The number of rotatable bonds is 5. The zero-order chi connectivity index (χ0) is 13.0. The Morgan fingerprint density at radius 3 is 2.78 bits per heavy atom. The van der Waals surface area contributed by atoms with Crippen molar-refractivity contribution in [2.75, 3.05) is 11.4 Å². The topological polar surface area (TPSA) is 81.1 Å². The van der Waals surface area contributed by atoms with Gasteiger partial charge in [-0.1, -0.05) is 11.2 Å². The van der Waals surface area contributed by atoms with Crippen molar-refractivity contribution in [3.05, 3.63) is 36.0 Å². The van der Waals surface area contributed by atoms with Crippen LogP contribution in [0, 0.1) is 0 Å². The number of hydrogen-bond donors (Lipinski definition) is 1. The summed E-state index contributed by atoms with van der Waals surface area (Å²) in [4.78, 5) is 6.24. The Morgan fingerprint density at radius 2 is 2.22 bits per heavy atom. The van der Waals surface area contributed by atoms with Gasteiger partial charge in [0.15, 0.2) is 0 Å². The molecule has 18 heavy (non-hydrogen) atoms. The number of nitrogens with zero attached hydrogens (tertiary/aromatic N) is 4. The van der Waals surface area contributed by atoms with E-state index in [0.717, 1.165) is 12.2 Å². The molecule has 2 N–H and O–H groups in total. The molecule has 6 nitrogen and oxygen atoms in total. The largest absolute Gasteiger partial charge is 0.406 e. The van der Waals surface area contributed by atoms with Crippen molar-refractivity contribution in [1.82, 2.24) is 15.2 Å². The van der Waals surface area contributed by atoms with E-state index < -0.39 is 0 Å². The molecular weight excluding hydrogens is 230 g/mol. The predicted octanol–water partition coefficient (Wildman–Crippen LogP) is 1.51. The first kappa shape index (κ1) is 12.5. The van der Waals surface area contributed by atoms with Gasteiger partial charge in [0.1, 0.15) is 0 Å². The molecule has 0 radical (unpaired) electrons. The van der Waals surface area contributed by atoms with Gasteiger partial charge < -0.3 is 15.1 Å². The van der Waals surface area contributed by atoms with Crippen LogP contribution in [0.3, 0.4) is 0 Å². The van der Waals surface area contributed by atoms with E-state index in [1.165, 1.54) is 0 Å². The second-order valence-corrected chi connectivity index (χ2v) is 4.05. The first-order valence-corrected chi connectivity index (χ1v) is 5.94. The highest BCUT2D eigenvalue weighted by Gasteiger charge is 2.15. The normalized spacial score (nSPS) is 12.4. The highest BCUT2D eigenvalue weighted by molar-refractivity contribution is 5.25. The van der Waals surface area contributed by atoms with Crippen LogP contribution in [0.5, 0.6) is 0 Å². The van der Waals surface area contributed by atoms with Crippen molar-refractivity contribution >= 4 is 6.01 Å². The van der Waals surface area contributed by atoms with Crippen LogP contribution in [0.15, 0.2) is 28.8 Å². The standard InChI is InChI=1S/C12H17N5O/c1-3-17(8-10-6-4-5-7-14-10)12-16-15-11(18-12)9(2)13/h4-7,9H,3,8,13H2,1-2H3. The van der Waals surface area contributed by atoms with E-state index in [0.29, 0.717) is 18.5 Å². The fourth-order valence-corrected chi connectivity index (χ4v) is 1.54. The molecule has 2 heterocycles. The van der Waals surface area contributed by atoms with E-state index >= 15 is 0 Å². The molecule has 0 saturated heterocycles. The van der Waals surface area contributed by atoms with Gasteiger partial charge in [-0.15, -0.1) is 5.10 Å².